The number of rotatable bonds is 2. The van der Waals surface area contributed by atoms with Crippen LogP contribution >= 0.6 is 0 Å². The summed E-state index contributed by atoms with van der Waals surface area (Å²) in [5.74, 6) is -2.39. The van der Waals surface area contributed by atoms with Gasteiger partial charge in [-0.05, 0) is 12.1 Å². The number of benzene rings is 1. The molecule has 0 radical (unpaired) electrons. The molecule has 0 N–H and O–H groups in total. The molecule has 1 rings (SSSR count). The average Bonchev–Trinajstić information content (AvgIpc) is 1.94. The lowest BCUT2D eigenvalue weighted by Gasteiger charge is -2.13. The maximum Gasteiger partial charge on any atom is 0.482 e. The van der Waals surface area contributed by atoms with E-state index in [0.29, 0.717) is 12.1 Å². The first-order chi connectivity index (χ1) is 5.88. The second-order valence-electron chi connectivity index (χ2n) is 2.66. The summed E-state index contributed by atoms with van der Waals surface area (Å²) in [5.41, 5.74) is -0.258. The summed E-state index contributed by atoms with van der Waals surface area (Å²) >= 11 is 0. The van der Waals surface area contributed by atoms with Gasteiger partial charge in [-0.15, -0.1) is 0 Å². The van der Waals surface area contributed by atoms with Gasteiger partial charge in [0.15, 0.2) is 11.6 Å². The van der Waals surface area contributed by atoms with Gasteiger partial charge >= 0.3 is 6.98 Å². The molecule has 0 aromatic heterocycles. The fourth-order valence-electron chi connectivity index (χ4n) is 0.934. The second kappa shape index (κ2) is 3.36. The van der Waals surface area contributed by atoms with Gasteiger partial charge in [-0.2, -0.15) is 0 Å². The van der Waals surface area contributed by atoms with Crippen LogP contribution in [-0.4, -0.2) is 6.98 Å². The highest BCUT2D eigenvalue weighted by Crippen LogP contribution is 2.17. The Labute approximate surface area is 71.4 Å². The predicted octanol–water partition coefficient (Wildman–Crippen LogP) is 2.89. The lowest BCUT2D eigenvalue weighted by molar-refractivity contribution is 0.467. The molecule has 0 heterocycles. The zero-order valence-electron chi connectivity index (χ0n) is 6.41. The number of halogens is 5. The maximum absolute atomic E-state index is 12.4. The van der Waals surface area contributed by atoms with E-state index in [4.69, 9.17) is 0 Å². The maximum atomic E-state index is 12.4. The lowest BCUT2D eigenvalue weighted by atomic mass is 9.82. The van der Waals surface area contributed by atoms with E-state index in [1.54, 1.807) is 0 Å². The molecule has 0 atom stereocenters. The van der Waals surface area contributed by atoms with Crippen molar-refractivity contribution in [1.82, 2.24) is 0 Å². The Morgan fingerprint density at radius 3 is 2.08 bits per heavy atom. The van der Waals surface area contributed by atoms with E-state index in [1.807, 2.05) is 0 Å². The van der Waals surface area contributed by atoms with Gasteiger partial charge in [0.1, 0.15) is 0 Å². The van der Waals surface area contributed by atoms with E-state index in [0.717, 1.165) is 6.07 Å². The summed E-state index contributed by atoms with van der Waals surface area (Å²) in [5, 5.41) is 0. The second-order valence-corrected chi connectivity index (χ2v) is 2.66. The van der Waals surface area contributed by atoms with Crippen LogP contribution in [0.3, 0.4) is 0 Å². The van der Waals surface area contributed by atoms with E-state index < -0.39 is 24.9 Å². The van der Waals surface area contributed by atoms with Crippen LogP contribution in [0.5, 0.6) is 0 Å². The summed E-state index contributed by atoms with van der Waals surface area (Å²) in [6, 6.07) is 2.17. The van der Waals surface area contributed by atoms with E-state index in [9.17, 15) is 21.7 Å². The van der Waals surface area contributed by atoms with Crippen molar-refractivity contribution in [3.05, 3.63) is 35.4 Å². The molecule has 0 saturated heterocycles. The molecule has 0 amide bonds. The van der Waals surface area contributed by atoms with Gasteiger partial charge in [0.25, 0.3) is 0 Å². The van der Waals surface area contributed by atoms with Gasteiger partial charge in [0.2, 0.25) is 0 Å². The fraction of sp³-hybridized carbons (Fsp3) is 0.143. The molecule has 6 heteroatoms. The molecular weight excluding hydrogens is 190 g/mol. The normalized spacial score (nSPS) is 11.8. The minimum Gasteiger partial charge on any atom is -0.449 e. The molecule has 0 nitrogen and oxygen atoms in total. The summed E-state index contributed by atoms with van der Waals surface area (Å²) in [6.45, 7) is -5.00. The molecule has 0 aliphatic rings. The fourth-order valence-corrected chi connectivity index (χ4v) is 0.934. The van der Waals surface area contributed by atoms with E-state index >= 15 is 0 Å². The highest BCUT2D eigenvalue weighted by molar-refractivity contribution is 6.57. The smallest absolute Gasteiger partial charge is 0.449 e. The van der Waals surface area contributed by atoms with Crippen LogP contribution in [0.15, 0.2) is 18.2 Å². The Morgan fingerprint density at radius 2 is 1.62 bits per heavy atom. The highest BCUT2D eigenvalue weighted by Gasteiger charge is 2.23. The Hall–Kier alpha value is -1.07. The van der Waals surface area contributed by atoms with Crippen molar-refractivity contribution < 1.29 is 21.7 Å². The average molecular weight is 195 g/mol. The van der Waals surface area contributed by atoms with Crippen molar-refractivity contribution >= 4 is 6.98 Å². The summed E-state index contributed by atoms with van der Waals surface area (Å²) in [7, 11) is 0. The van der Waals surface area contributed by atoms with Gasteiger partial charge in [0, 0.05) is 0 Å². The number of hydrogen-bond donors (Lipinski definition) is 0. The van der Waals surface area contributed by atoms with Crippen molar-refractivity contribution in [2.24, 2.45) is 0 Å². The van der Waals surface area contributed by atoms with Gasteiger partial charge < -0.3 is 12.9 Å². The van der Waals surface area contributed by atoms with E-state index in [-0.39, 0.29) is 5.56 Å². The lowest BCUT2D eigenvalue weighted by Crippen LogP contribution is -2.19. The van der Waals surface area contributed by atoms with Crippen molar-refractivity contribution in [3.8, 4) is 0 Å². The van der Waals surface area contributed by atoms with Crippen LogP contribution in [-0.2, 0) is 6.32 Å². The quantitative estimate of drug-likeness (QED) is 0.502. The molecule has 0 bridgehead atoms. The van der Waals surface area contributed by atoms with Crippen LogP contribution in [0.1, 0.15) is 5.56 Å². The summed E-state index contributed by atoms with van der Waals surface area (Å²) in [4.78, 5) is 0. The predicted molar refractivity (Wildman–Crippen MR) is 39.1 cm³/mol. The van der Waals surface area contributed by atoms with Crippen LogP contribution in [0.25, 0.3) is 0 Å². The zero-order valence-corrected chi connectivity index (χ0v) is 6.41. The van der Waals surface area contributed by atoms with E-state index in [1.165, 1.54) is 0 Å². The highest BCUT2D eigenvalue weighted by atomic mass is 19.4. The Kier molecular flexibility index (Phi) is 2.59. The van der Waals surface area contributed by atoms with Gasteiger partial charge in [-0.25, -0.2) is 8.78 Å². The minimum atomic E-state index is -5.00. The van der Waals surface area contributed by atoms with Crippen LogP contribution < -0.4 is 0 Å². The molecule has 13 heavy (non-hydrogen) atoms. The van der Waals surface area contributed by atoms with Gasteiger partial charge in [-0.3, -0.25) is 0 Å². The molecule has 0 unspecified atom stereocenters. The third kappa shape index (κ3) is 3.04. The molecular formula is C7H5BF5-. The van der Waals surface area contributed by atoms with Gasteiger partial charge in [0.05, 0.1) is 0 Å². The summed E-state index contributed by atoms with van der Waals surface area (Å²) < 4.78 is 60.2. The standard InChI is InChI=1S/C7H5BF5/c9-6-2-1-5(3-7(6)10)4-8(11,12)13/h1-3H,4H2/q-1. The number of hydrogen-bond acceptors (Lipinski definition) is 0. The first kappa shape index (κ1) is 10.0. The molecule has 1 aromatic rings. The minimum absolute atomic E-state index is 0.258. The Bertz CT molecular complexity index is 306. The third-order valence-electron chi connectivity index (χ3n) is 1.45. The topological polar surface area (TPSA) is 0 Å². The van der Waals surface area contributed by atoms with Crippen LogP contribution in [0, 0.1) is 11.6 Å². The van der Waals surface area contributed by atoms with E-state index in [2.05, 4.69) is 0 Å². The zero-order chi connectivity index (χ0) is 10.1. The van der Waals surface area contributed by atoms with Crippen molar-refractivity contribution in [2.45, 2.75) is 6.32 Å². The first-order valence-corrected chi connectivity index (χ1v) is 3.53. The molecule has 0 fully saturated rings. The van der Waals surface area contributed by atoms with Crippen molar-refractivity contribution in [1.29, 1.82) is 0 Å². The van der Waals surface area contributed by atoms with Crippen LogP contribution in [0.4, 0.5) is 21.7 Å². The summed E-state index contributed by atoms with van der Waals surface area (Å²) in [6.07, 6.45) is -1.18. The van der Waals surface area contributed by atoms with Crippen molar-refractivity contribution in [2.75, 3.05) is 0 Å². The van der Waals surface area contributed by atoms with Gasteiger partial charge in [-0.1, -0.05) is 17.9 Å². The monoisotopic (exact) mass is 195 g/mol. The molecule has 0 aliphatic heterocycles. The first-order valence-electron chi connectivity index (χ1n) is 3.53. The molecule has 0 saturated carbocycles. The SMILES string of the molecule is Fc1ccc(C[B-](F)(F)F)cc1F. The molecule has 0 spiro atoms. The third-order valence-corrected chi connectivity index (χ3v) is 1.45. The largest absolute Gasteiger partial charge is 0.482 e. The van der Waals surface area contributed by atoms with Crippen LogP contribution in [0.2, 0.25) is 0 Å². The Morgan fingerprint density at radius 1 is 1.00 bits per heavy atom. The Balaban J connectivity index is 2.86. The molecule has 1 aromatic carbocycles. The molecule has 0 aliphatic carbocycles. The molecule has 72 valence electrons. The van der Waals surface area contributed by atoms with Crippen molar-refractivity contribution in [3.63, 3.8) is 0 Å².